The van der Waals surface area contributed by atoms with Gasteiger partial charge in [-0.25, -0.2) is 0 Å². The van der Waals surface area contributed by atoms with E-state index in [1.165, 1.54) is 7.11 Å². The van der Waals surface area contributed by atoms with Crippen molar-refractivity contribution in [3.8, 4) is 0 Å². The Kier molecular flexibility index (Phi) is 10.7. The van der Waals surface area contributed by atoms with Crippen molar-refractivity contribution in [1.29, 1.82) is 0 Å². The van der Waals surface area contributed by atoms with Gasteiger partial charge in [0.1, 0.15) is 6.61 Å². The molecule has 0 aliphatic carbocycles. The summed E-state index contributed by atoms with van der Waals surface area (Å²) in [6, 6.07) is 9.50. The summed E-state index contributed by atoms with van der Waals surface area (Å²) in [4.78, 5) is 36.3. The molecule has 3 N–H and O–H groups in total. The Hall–Kier alpha value is -2.52. The van der Waals surface area contributed by atoms with Gasteiger partial charge in [-0.2, -0.15) is 0 Å². The third-order valence-electron chi connectivity index (χ3n) is 3.48. The topological polar surface area (TPSA) is 111 Å². The molecule has 0 spiro atoms. The summed E-state index contributed by atoms with van der Waals surface area (Å²) in [7, 11) is 1.50. The molecule has 0 saturated carbocycles. The Labute approximate surface area is 164 Å². The highest BCUT2D eigenvalue weighted by molar-refractivity contribution is 7.80. The van der Waals surface area contributed by atoms with Crippen LogP contribution in [-0.2, 0) is 30.4 Å². The minimum absolute atomic E-state index is 0.0546. The molecule has 148 valence electrons. The van der Waals surface area contributed by atoms with E-state index in [1.807, 2.05) is 30.3 Å². The Morgan fingerprint density at radius 3 is 2.44 bits per heavy atom. The van der Waals surface area contributed by atoms with E-state index in [-0.39, 0.29) is 37.5 Å². The lowest BCUT2D eigenvalue weighted by atomic mass is 10.2. The predicted molar refractivity (Wildman–Crippen MR) is 103 cm³/mol. The molecule has 0 aliphatic rings. The molecular weight excluding hydrogens is 370 g/mol. The van der Waals surface area contributed by atoms with E-state index in [0.717, 1.165) is 5.56 Å². The molecule has 8 nitrogen and oxygen atoms in total. The van der Waals surface area contributed by atoms with E-state index in [9.17, 15) is 14.4 Å². The molecule has 0 heterocycles. The van der Waals surface area contributed by atoms with Crippen LogP contribution in [0.5, 0.6) is 0 Å². The maximum absolute atomic E-state index is 12.0. The fraction of sp³-hybridized carbons (Fsp3) is 0.444. The lowest BCUT2D eigenvalue weighted by Crippen LogP contribution is -2.43. The lowest BCUT2D eigenvalue weighted by molar-refractivity contribution is -0.146. The molecule has 0 aliphatic heterocycles. The molecular formula is C18H25N3O5S. The minimum atomic E-state index is -0.483. The first-order valence-corrected chi connectivity index (χ1v) is 8.88. The number of primary amides is 1. The van der Waals surface area contributed by atoms with Gasteiger partial charge >= 0.3 is 5.97 Å². The summed E-state index contributed by atoms with van der Waals surface area (Å²) < 4.78 is 9.66. The highest BCUT2D eigenvalue weighted by atomic mass is 32.1. The molecule has 0 aromatic heterocycles. The van der Waals surface area contributed by atoms with Crippen molar-refractivity contribution in [2.24, 2.45) is 5.73 Å². The van der Waals surface area contributed by atoms with E-state index >= 15 is 0 Å². The Morgan fingerprint density at radius 2 is 1.81 bits per heavy atom. The van der Waals surface area contributed by atoms with Gasteiger partial charge in [0.25, 0.3) is 0 Å². The lowest BCUT2D eigenvalue weighted by Gasteiger charge is -2.25. The molecule has 27 heavy (non-hydrogen) atoms. The number of thiocarbonyl (C=S) groups is 1. The zero-order valence-electron chi connectivity index (χ0n) is 15.3. The molecule has 0 atom stereocenters. The molecule has 0 radical (unpaired) electrons. The van der Waals surface area contributed by atoms with Crippen molar-refractivity contribution in [3.05, 3.63) is 35.9 Å². The molecule has 9 heteroatoms. The molecule has 0 saturated heterocycles. The first kappa shape index (κ1) is 22.5. The van der Waals surface area contributed by atoms with E-state index < -0.39 is 17.8 Å². The maximum Gasteiger partial charge on any atom is 0.306 e. The molecule has 1 aromatic rings. The van der Waals surface area contributed by atoms with E-state index in [0.29, 0.717) is 13.2 Å². The predicted octanol–water partition coefficient (Wildman–Crippen LogP) is 0.735. The van der Waals surface area contributed by atoms with Gasteiger partial charge < -0.3 is 25.4 Å². The van der Waals surface area contributed by atoms with Crippen molar-refractivity contribution in [1.82, 2.24) is 10.2 Å². The summed E-state index contributed by atoms with van der Waals surface area (Å²) in [5.41, 5.74) is 6.18. The standard InChI is InChI=1S/C18H25N3O5S/c1-25-11-12-26-17(24)8-7-16(23)20-18(27)21(10-9-15(19)22)13-14-5-3-2-4-6-14/h2-6H,7-13H2,1H3,(H2,19,22)(H,20,23,27). The number of hydrogen-bond acceptors (Lipinski definition) is 6. The first-order chi connectivity index (χ1) is 12.9. The van der Waals surface area contributed by atoms with Crippen LogP contribution in [0.4, 0.5) is 0 Å². The first-order valence-electron chi connectivity index (χ1n) is 8.48. The highest BCUT2D eigenvalue weighted by Crippen LogP contribution is 2.06. The fourth-order valence-electron chi connectivity index (χ4n) is 2.09. The van der Waals surface area contributed by atoms with Crippen LogP contribution in [0.3, 0.4) is 0 Å². The SMILES string of the molecule is COCCOC(=O)CCC(=O)NC(=S)N(CCC(N)=O)Cc1ccccc1. The maximum atomic E-state index is 12.0. The third kappa shape index (κ3) is 10.3. The number of carbonyl (C=O) groups is 3. The van der Waals surface area contributed by atoms with Crippen LogP contribution < -0.4 is 11.1 Å². The van der Waals surface area contributed by atoms with Crippen LogP contribution >= 0.6 is 12.2 Å². The normalized spacial score (nSPS) is 10.1. The Morgan fingerprint density at radius 1 is 1.11 bits per heavy atom. The average molecular weight is 395 g/mol. The zero-order chi connectivity index (χ0) is 20.1. The van der Waals surface area contributed by atoms with Crippen molar-refractivity contribution >= 4 is 35.1 Å². The van der Waals surface area contributed by atoms with Gasteiger partial charge in [-0.15, -0.1) is 0 Å². The molecule has 1 rings (SSSR count). The number of amides is 2. The van der Waals surface area contributed by atoms with Gasteiger partial charge in [0.05, 0.1) is 13.0 Å². The molecule has 0 unspecified atom stereocenters. The Bertz CT molecular complexity index is 639. The number of ether oxygens (including phenoxy) is 2. The van der Waals surface area contributed by atoms with Crippen molar-refractivity contribution in [2.75, 3.05) is 26.9 Å². The fourth-order valence-corrected chi connectivity index (χ4v) is 2.36. The number of hydrogen-bond donors (Lipinski definition) is 2. The second kappa shape index (κ2) is 12.8. The number of benzene rings is 1. The number of esters is 1. The monoisotopic (exact) mass is 395 g/mol. The molecule has 1 aromatic carbocycles. The average Bonchev–Trinajstić information content (AvgIpc) is 2.64. The molecule has 0 fully saturated rings. The largest absolute Gasteiger partial charge is 0.463 e. The number of carbonyl (C=O) groups excluding carboxylic acids is 3. The van der Waals surface area contributed by atoms with Gasteiger partial charge in [0.15, 0.2) is 5.11 Å². The second-order valence-corrected chi connectivity index (χ2v) is 6.08. The Balaban J connectivity index is 2.52. The van der Waals surface area contributed by atoms with Crippen molar-refractivity contribution < 1.29 is 23.9 Å². The van der Waals surface area contributed by atoms with Gasteiger partial charge in [0, 0.05) is 33.0 Å². The summed E-state index contributed by atoms with van der Waals surface area (Å²) >= 11 is 5.28. The number of nitrogens with zero attached hydrogens (tertiary/aromatic N) is 1. The van der Waals surface area contributed by atoms with Crippen molar-refractivity contribution in [2.45, 2.75) is 25.8 Å². The van der Waals surface area contributed by atoms with Gasteiger partial charge in [-0.3, -0.25) is 14.4 Å². The van der Waals surface area contributed by atoms with Gasteiger partial charge in [-0.05, 0) is 17.8 Å². The van der Waals surface area contributed by atoms with Crippen LogP contribution in [0, 0.1) is 0 Å². The van der Waals surface area contributed by atoms with Crippen LogP contribution in [-0.4, -0.2) is 54.7 Å². The molecule has 2 amide bonds. The van der Waals surface area contributed by atoms with Crippen molar-refractivity contribution in [3.63, 3.8) is 0 Å². The zero-order valence-corrected chi connectivity index (χ0v) is 16.1. The third-order valence-corrected chi connectivity index (χ3v) is 3.84. The minimum Gasteiger partial charge on any atom is -0.463 e. The van der Waals surface area contributed by atoms with Crippen LogP contribution in [0.15, 0.2) is 30.3 Å². The summed E-state index contributed by atoms with van der Waals surface area (Å²) in [6.45, 7) is 1.15. The van der Waals surface area contributed by atoms with E-state index in [4.69, 9.17) is 27.4 Å². The second-order valence-electron chi connectivity index (χ2n) is 5.69. The summed E-state index contributed by atoms with van der Waals surface area (Å²) in [5.74, 6) is -1.34. The number of rotatable bonds is 11. The van der Waals surface area contributed by atoms with Gasteiger partial charge in [-0.1, -0.05) is 30.3 Å². The van der Waals surface area contributed by atoms with Crippen LogP contribution in [0.1, 0.15) is 24.8 Å². The van der Waals surface area contributed by atoms with E-state index in [2.05, 4.69) is 5.32 Å². The van der Waals surface area contributed by atoms with Crippen LogP contribution in [0.2, 0.25) is 0 Å². The highest BCUT2D eigenvalue weighted by Gasteiger charge is 2.15. The van der Waals surface area contributed by atoms with Gasteiger partial charge in [0.2, 0.25) is 11.8 Å². The van der Waals surface area contributed by atoms with Crippen LogP contribution in [0.25, 0.3) is 0 Å². The number of methoxy groups -OCH3 is 1. The quantitative estimate of drug-likeness (QED) is 0.323. The summed E-state index contributed by atoms with van der Waals surface area (Å²) in [6.07, 6.45) is -0.00620. The van der Waals surface area contributed by atoms with E-state index in [1.54, 1.807) is 4.90 Å². The number of nitrogens with one attached hydrogen (secondary N) is 1. The molecule has 0 bridgehead atoms. The number of nitrogens with two attached hydrogens (primary N) is 1. The smallest absolute Gasteiger partial charge is 0.306 e. The summed E-state index contributed by atoms with van der Waals surface area (Å²) in [5, 5.41) is 2.76.